The van der Waals surface area contributed by atoms with Crippen molar-refractivity contribution in [2.24, 2.45) is 0 Å². The van der Waals surface area contributed by atoms with Gasteiger partial charge in [0.15, 0.2) is 11.5 Å². The lowest BCUT2D eigenvalue weighted by Gasteiger charge is -2.06. The summed E-state index contributed by atoms with van der Waals surface area (Å²) >= 11 is 0. The Balaban J connectivity index is 1.80. The molecule has 8 heteroatoms. The molecule has 25 heavy (non-hydrogen) atoms. The van der Waals surface area contributed by atoms with Gasteiger partial charge in [-0.1, -0.05) is 30.3 Å². The van der Waals surface area contributed by atoms with Gasteiger partial charge in [-0.25, -0.2) is 23.7 Å². The molecule has 0 aliphatic heterocycles. The van der Waals surface area contributed by atoms with Crippen molar-refractivity contribution in [2.75, 3.05) is 5.73 Å². The summed E-state index contributed by atoms with van der Waals surface area (Å²) in [6, 6.07) is 10.9. The van der Waals surface area contributed by atoms with Crippen molar-refractivity contribution >= 4 is 17.0 Å². The first-order valence-corrected chi connectivity index (χ1v) is 7.60. The predicted octanol–water partition coefficient (Wildman–Crippen LogP) is 3.39. The number of H-pyrrole nitrogens is 1. The first-order chi connectivity index (χ1) is 12.1. The summed E-state index contributed by atoms with van der Waals surface area (Å²) in [7, 11) is 0. The number of aromatic amines is 1. The monoisotopic (exact) mass is 340 g/mol. The Morgan fingerprint density at radius 1 is 1.12 bits per heavy atom. The molecule has 0 atom stereocenters. The van der Waals surface area contributed by atoms with Crippen LogP contribution in [0.3, 0.4) is 0 Å². The number of aromatic nitrogens is 5. The molecule has 0 aliphatic carbocycles. The highest BCUT2D eigenvalue weighted by molar-refractivity contribution is 5.81. The molecule has 3 aromatic heterocycles. The quantitative estimate of drug-likeness (QED) is 0.596. The van der Waals surface area contributed by atoms with E-state index in [9.17, 15) is 8.78 Å². The number of benzene rings is 1. The van der Waals surface area contributed by atoms with E-state index in [1.165, 1.54) is 12.4 Å². The van der Waals surface area contributed by atoms with Crippen LogP contribution < -0.4 is 5.73 Å². The van der Waals surface area contributed by atoms with Crippen LogP contribution in [0, 0.1) is 0 Å². The molecule has 0 radical (unpaired) electrons. The number of nitrogens with two attached hydrogens (primary N) is 1. The Labute approximate surface area is 141 Å². The Hall–Kier alpha value is -3.29. The maximum absolute atomic E-state index is 13.2. The molecule has 0 spiro atoms. The molecule has 6 nitrogen and oxygen atoms in total. The van der Waals surface area contributed by atoms with E-state index in [0.717, 1.165) is 11.1 Å². The van der Waals surface area contributed by atoms with Crippen molar-refractivity contribution in [2.45, 2.75) is 13.0 Å². The molecule has 4 rings (SSSR count). The molecular formula is C17H14F2N6. The van der Waals surface area contributed by atoms with E-state index in [4.69, 9.17) is 5.73 Å². The molecule has 1 aromatic carbocycles. The van der Waals surface area contributed by atoms with Crippen LogP contribution in [0.15, 0.2) is 49.1 Å². The van der Waals surface area contributed by atoms with Crippen LogP contribution in [0.5, 0.6) is 0 Å². The zero-order valence-corrected chi connectivity index (χ0v) is 13.0. The normalized spacial score (nSPS) is 11.5. The second-order valence-electron chi connectivity index (χ2n) is 5.59. The van der Waals surface area contributed by atoms with E-state index in [2.05, 4.69) is 19.9 Å². The van der Waals surface area contributed by atoms with Crippen molar-refractivity contribution in [1.29, 1.82) is 0 Å². The summed E-state index contributed by atoms with van der Waals surface area (Å²) in [4.78, 5) is 15.1. The van der Waals surface area contributed by atoms with Crippen molar-refractivity contribution in [1.82, 2.24) is 24.5 Å². The first kappa shape index (κ1) is 15.3. The number of hydrogen-bond acceptors (Lipinski definition) is 4. The van der Waals surface area contributed by atoms with Crippen LogP contribution in [0.25, 0.3) is 22.3 Å². The standard InChI is InChI=1S/C17H14F2N6/c18-15(19)12-6-11(10-4-2-1-3-5-10)13(24-12)7-25-9-23-14-16(20)21-8-22-17(14)25/h1-6,8-9,15,24H,7H2,(H2,20,21,22). The van der Waals surface area contributed by atoms with Gasteiger partial charge >= 0.3 is 0 Å². The van der Waals surface area contributed by atoms with Crippen LogP contribution in [0.2, 0.25) is 0 Å². The molecule has 126 valence electrons. The zero-order chi connectivity index (χ0) is 17.4. The van der Waals surface area contributed by atoms with E-state index >= 15 is 0 Å². The van der Waals surface area contributed by atoms with E-state index < -0.39 is 6.43 Å². The van der Waals surface area contributed by atoms with E-state index in [-0.39, 0.29) is 11.5 Å². The van der Waals surface area contributed by atoms with Crippen LogP contribution >= 0.6 is 0 Å². The highest BCUT2D eigenvalue weighted by Gasteiger charge is 2.17. The number of nitrogens with one attached hydrogen (secondary N) is 1. The smallest absolute Gasteiger partial charge is 0.278 e. The average molecular weight is 340 g/mol. The molecule has 0 fully saturated rings. The minimum Gasteiger partial charge on any atom is -0.382 e. The molecule has 0 aliphatic rings. The number of imidazole rings is 1. The van der Waals surface area contributed by atoms with Crippen LogP contribution in [-0.2, 0) is 6.54 Å². The summed E-state index contributed by atoms with van der Waals surface area (Å²) in [6.07, 6.45) is 0.356. The Bertz CT molecular complexity index is 1020. The minimum absolute atomic E-state index is 0.118. The van der Waals surface area contributed by atoms with Crippen LogP contribution in [-0.4, -0.2) is 24.5 Å². The third kappa shape index (κ3) is 2.71. The van der Waals surface area contributed by atoms with E-state index in [0.29, 0.717) is 23.4 Å². The fourth-order valence-corrected chi connectivity index (χ4v) is 2.82. The number of fused-ring (bicyclic) bond motifs is 1. The lowest BCUT2D eigenvalue weighted by Crippen LogP contribution is -2.02. The Morgan fingerprint density at radius 2 is 1.92 bits per heavy atom. The fourth-order valence-electron chi connectivity index (χ4n) is 2.82. The first-order valence-electron chi connectivity index (χ1n) is 7.60. The summed E-state index contributed by atoms with van der Waals surface area (Å²) in [6.45, 7) is 0.309. The van der Waals surface area contributed by atoms with Gasteiger partial charge in [-0.3, -0.25) is 0 Å². The van der Waals surface area contributed by atoms with E-state index in [1.807, 2.05) is 30.3 Å². The van der Waals surface area contributed by atoms with Crippen molar-refractivity contribution < 1.29 is 8.78 Å². The molecule has 4 aromatic rings. The topological polar surface area (TPSA) is 85.4 Å². The molecule has 3 N–H and O–H groups in total. The second-order valence-corrected chi connectivity index (χ2v) is 5.59. The molecular weight excluding hydrogens is 326 g/mol. The summed E-state index contributed by atoms with van der Waals surface area (Å²) in [5.41, 5.74) is 8.95. The molecule has 0 amide bonds. The van der Waals surface area contributed by atoms with Gasteiger partial charge in [0, 0.05) is 11.3 Å². The number of hydrogen-bond donors (Lipinski definition) is 2. The largest absolute Gasteiger partial charge is 0.382 e. The maximum atomic E-state index is 13.2. The molecule has 3 heterocycles. The van der Waals surface area contributed by atoms with Crippen molar-refractivity contribution in [3.05, 3.63) is 60.4 Å². The highest BCUT2D eigenvalue weighted by atomic mass is 19.3. The minimum atomic E-state index is -2.58. The number of anilines is 1. The molecule has 0 unspecified atom stereocenters. The molecule has 0 saturated carbocycles. The number of halogens is 2. The van der Waals surface area contributed by atoms with Gasteiger partial charge in [-0.05, 0) is 11.6 Å². The third-order valence-corrected chi connectivity index (χ3v) is 4.00. The Kier molecular flexibility index (Phi) is 3.64. The lowest BCUT2D eigenvalue weighted by atomic mass is 10.1. The number of nitrogens with zero attached hydrogens (tertiary/aromatic N) is 4. The van der Waals surface area contributed by atoms with Gasteiger partial charge in [-0.2, -0.15) is 0 Å². The van der Waals surface area contributed by atoms with Gasteiger partial charge in [-0.15, -0.1) is 0 Å². The van der Waals surface area contributed by atoms with Gasteiger partial charge < -0.3 is 15.3 Å². The summed E-state index contributed by atoms with van der Waals surface area (Å²) in [5.74, 6) is 0.284. The maximum Gasteiger partial charge on any atom is 0.278 e. The number of nitrogen functional groups attached to an aromatic ring is 1. The highest BCUT2D eigenvalue weighted by Crippen LogP contribution is 2.30. The zero-order valence-electron chi connectivity index (χ0n) is 13.0. The molecule has 0 bridgehead atoms. The van der Waals surface area contributed by atoms with Crippen LogP contribution in [0.1, 0.15) is 17.8 Å². The van der Waals surface area contributed by atoms with Crippen LogP contribution in [0.4, 0.5) is 14.6 Å². The number of alkyl halides is 2. The van der Waals surface area contributed by atoms with E-state index in [1.54, 1.807) is 10.9 Å². The summed E-state index contributed by atoms with van der Waals surface area (Å²) in [5, 5.41) is 0. The number of rotatable bonds is 4. The van der Waals surface area contributed by atoms with Gasteiger partial charge in [0.05, 0.1) is 18.6 Å². The van der Waals surface area contributed by atoms with Gasteiger partial charge in [0.1, 0.15) is 11.8 Å². The second kappa shape index (κ2) is 5.97. The predicted molar refractivity (Wildman–Crippen MR) is 90.0 cm³/mol. The van der Waals surface area contributed by atoms with Gasteiger partial charge in [0.25, 0.3) is 6.43 Å². The molecule has 0 saturated heterocycles. The fraction of sp³-hybridized carbons (Fsp3) is 0.118. The van der Waals surface area contributed by atoms with Crippen molar-refractivity contribution in [3.8, 4) is 11.1 Å². The summed E-state index contributed by atoms with van der Waals surface area (Å²) < 4.78 is 28.1. The third-order valence-electron chi connectivity index (χ3n) is 4.00. The average Bonchev–Trinajstić information content (AvgIpc) is 3.22. The van der Waals surface area contributed by atoms with Crippen molar-refractivity contribution in [3.63, 3.8) is 0 Å². The SMILES string of the molecule is Nc1ncnc2c1ncn2Cc1[nH]c(C(F)F)cc1-c1ccccc1. The Morgan fingerprint density at radius 3 is 2.68 bits per heavy atom. The lowest BCUT2D eigenvalue weighted by molar-refractivity contribution is 0.146. The van der Waals surface area contributed by atoms with Gasteiger partial charge in [0.2, 0.25) is 0 Å².